The first-order valence-corrected chi connectivity index (χ1v) is 5.21. The molecule has 0 radical (unpaired) electrons. The van der Waals surface area contributed by atoms with E-state index in [1.807, 2.05) is 0 Å². The minimum absolute atomic E-state index is 0.481. The van der Waals surface area contributed by atoms with Gasteiger partial charge in [0.25, 0.3) is 0 Å². The molecule has 0 N–H and O–H groups in total. The molecule has 0 heterocycles. The van der Waals surface area contributed by atoms with E-state index in [1.165, 1.54) is 14.2 Å². The third-order valence-corrected chi connectivity index (χ3v) is 2.19. The smallest absolute Gasteiger partial charge is 0.203 e. The third kappa shape index (κ3) is 3.24. The van der Waals surface area contributed by atoms with Crippen molar-refractivity contribution in [3.05, 3.63) is 30.4 Å². The molecule has 0 aliphatic rings. The van der Waals surface area contributed by atoms with Gasteiger partial charge in [-0.3, -0.25) is 4.79 Å². The van der Waals surface area contributed by atoms with E-state index in [4.69, 9.17) is 14.2 Å². The summed E-state index contributed by atoms with van der Waals surface area (Å²) in [6.45, 7) is 4.10. The largest absolute Gasteiger partial charge is 0.493 e. The molecule has 0 aromatic heterocycles. The lowest BCUT2D eigenvalue weighted by atomic mass is 10.2. The van der Waals surface area contributed by atoms with Gasteiger partial charge in [0.1, 0.15) is 6.29 Å². The van der Waals surface area contributed by atoms with E-state index in [0.717, 1.165) is 12.7 Å². The number of carbonyl (C=O) groups excluding carboxylic acids is 1. The van der Waals surface area contributed by atoms with Crippen molar-refractivity contribution in [2.75, 3.05) is 20.8 Å². The summed E-state index contributed by atoms with van der Waals surface area (Å²) in [6, 6.07) is 3.22. The molecule has 0 unspecified atom stereocenters. The molecule has 0 saturated heterocycles. The van der Waals surface area contributed by atoms with Gasteiger partial charge in [-0.2, -0.15) is 0 Å². The number of ether oxygens (including phenoxy) is 3. The molecule has 0 aliphatic heterocycles. The van der Waals surface area contributed by atoms with Gasteiger partial charge < -0.3 is 14.2 Å². The SMILES string of the molecule is C=CCCOc1c(OC)cc(C=O)cc1OC. The van der Waals surface area contributed by atoms with E-state index in [2.05, 4.69) is 6.58 Å². The summed E-state index contributed by atoms with van der Waals surface area (Å²) >= 11 is 0. The molecule has 0 spiro atoms. The van der Waals surface area contributed by atoms with Crippen LogP contribution in [0.2, 0.25) is 0 Å². The molecule has 92 valence electrons. The van der Waals surface area contributed by atoms with Crippen molar-refractivity contribution in [2.24, 2.45) is 0 Å². The van der Waals surface area contributed by atoms with Crippen LogP contribution in [0.25, 0.3) is 0 Å². The van der Waals surface area contributed by atoms with Gasteiger partial charge >= 0.3 is 0 Å². The quantitative estimate of drug-likeness (QED) is 0.414. The predicted molar refractivity (Wildman–Crippen MR) is 65.2 cm³/mol. The molecule has 0 atom stereocenters. The van der Waals surface area contributed by atoms with Crippen LogP contribution in [0, 0.1) is 0 Å². The summed E-state index contributed by atoms with van der Waals surface area (Å²) in [4.78, 5) is 10.7. The van der Waals surface area contributed by atoms with Crippen molar-refractivity contribution < 1.29 is 19.0 Å². The molecule has 1 rings (SSSR count). The fourth-order valence-corrected chi connectivity index (χ4v) is 1.35. The molecule has 1 aromatic rings. The molecule has 4 heteroatoms. The fourth-order valence-electron chi connectivity index (χ4n) is 1.35. The van der Waals surface area contributed by atoms with Crippen molar-refractivity contribution in [3.63, 3.8) is 0 Å². The zero-order chi connectivity index (χ0) is 12.7. The topological polar surface area (TPSA) is 44.8 Å². The van der Waals surface area contributed by atoms with Gasteiger partial charge in [0, 0.05) is 5.56 Å². The van der Waals surface area contributed by atoms with Crippen LogP contribution in [-0.4, -0.2) is 27.1 Å². The zero-order valence-electron chi connectivity index (χ0n) is 10.1. The highest BCUT2D eigenvalue weighted by atomic mass is 16.5. The second-order valence-electron chi connectivity index (χ2n) is 3.30. The van der Waals surface area contributed by atoms with Gasteiger partial charge in [0.05, 0.1) is 20.8 Å². The minimum atomic E-state index is 0.481. The molecule has 4 nitrogen and oxygen atoms in total. The van der Waals surface area contributed by atoms with Gasteiger partial charge in [-0.05, 0) is 18.6 Å². The highest BCUT2D eigenvalue weighted by Gasteiger charge is 2.13. The first-order valence-electron chi connectivity index (χ1n) is 5.21. The van der Waals surface area contributed by atoms with E-state index >= 15 is 0 Å². The first kappa shape index (κ1) is 13.1. The second kappa shape index (κ2) is 6.58. The summed E-state index contributed by atoms with van der Waals surface area (Å²) in [5, 5.41) is 0. The van der Waals surface area contributed by atoms with E-state index in [1.54, 1.807) is 18.2 Å². The van der Waals surface area contributed by atoms with Gasteiger partial charge in [0.15, 0.2) is 11.5 Å². The number of rotatable bonds is 7. The molecule has 0 fully saturated rings. The maximum absolute atomic E-state index is 10.7. The Labute approximate surface area is 101 Å². The van der Waals surface area contributed by atoms with Gasteiger partial charge in [0.2, 0.25) is 5.75 Å². The average Bonchev–Trinajstić information content (AvgIpc) is 2.38. The van der Waals surface area contributed by atoms with Crippen molar-refractivity contribution in [3.8, 4) is 17.2 Å². The number of aldehydes is 1. The standard InChI is InChI=1S/C13H16O4/c1-4-5-6-17-13-11(15-2)7-10(9-14)8-12(13)16-3/h4,7-9H,1,5-6H2,2-3H3. The Balaban J connectivity index is 3.05. The lowest BCUT2D eigenvalue weighted by molar-refractivity contribution is 0.112. The second-order valence-corrected chi connectivity index (χ2v) is 3.30. The van der Waals surface area contributed by atoms with Crippen LogP contribution in [-0.2, 0) is 0 Å². The van der Waals surface area contributed by atoms with Gasteiger partial charge in [-0.1, -0.05) is 6.08 Å². The summed E-state index contributed by atoms with van der Waals surface area (Å²) < 4.78 is 15.9. The lowest BCUT2D eigenvalue weighted by Gasteiger charge is -2.14. The van der Waals surface area contributed by atoms with E-state index in [9.17, 15) is 4.79 Å². The van der Waals surface area contributed by atoms with Crippen molar-refractivity contribution in [1.29, 1.82) is 0 Å². The number of hydrogen-bond donors (Lipinski definition) is 0. The van der Waals surface area contributed by atoms with Crippen LogP contribution < -0.4 is 14.2 Å². The summed E-state index contributed by atoms with van der Waals surface area (Å²) in [5.74, 6) is 1.47. The molecular formula is C13H16O4. The van der Waals surface area contributed by atoms with Crippen LogP contribution in [0.5, 0.6) is 17.2 Å². The molecule has 0 aliphatic carbocycles. The predicted octanol–water partition coefficient (Wildman–Crippen LogP) is 2.47. The van der Waals surface area contributed by atoms with E-state index < -0.39 is 0 Å². The van der Waals surface area contributed by atoms with Crippen LogP contribution in [0.1, 0.15) is 16.8 Å². The lowest BCUT2D eigenvalue weighted by Crippen LogP contribution is -2.01. The van der Waals surface area contributed by atoms with Crippen molar-refractivity contribution >= 4 is 6.29 Å². The molecule has 0 bridgehead atoms. The minimum Gasteiger partial charge on any atom is -0.493 e. The third-order valence-electron chi connectivity index (χ3n) is 2.19. The van der Waals surface area contributed by atoms with Crippen LogP contribution >= 0.6 is 0 Å². The van der Waals surface area contributed by atoms with Crippen molar-refractivity contribution in [1.82, 2.24) is 0 Å². The molecule has 0 amide bonds. The van der Waals surface area contributed by atoms with E-state index in [0.29, 0.717) is 29.4 Å². The Kier molecular flexibility index (Phi) is 5.07. The summed E-state index contributed by atoms with van der Waals surface area (Å²) in [6.07, 6.45) is 3.22. The molecular weight excluding hydrogens is 220 g/mol. The maximum atomic E-state index is 10.7. The van der Waals surface area contributed by atoms with Gasteiger partial charge in [-0.25, -0.2) is 0 Å². The number of carbonyl (C=O) groups is 1. The Morgan fingerprint density at radius 3 is 2.24 bits per heavy atom. The highest BCUT2D eigenvalue weighted by molar-refractivity contribution is 5.78. The molecule has 0 saturated carbocycles. The Hall–Kier alpha value is -1.97. The Bertz CT molecular complexity index is 373. The Morgan fingerprint density at radius 2 is 1.82 bits per heavy atom. The summed E-state index contributed by atoms with van der Waals surface area (Å²) in [5.41, 5.74) is 0.481. The van der Waals surface area contributed by atoms with Crippen molar-refractivity contribution in [2.45, 2.75) is 6.42 Å². The monoisotopic (exact) mass is 236 g/mol. The van der Waals surface area contributed by atoms with Crippen LogP contribution in [0.4, 0.5) is 0 Å². The first-order chi connectivity index (χ1) is 8.26. The summed E-state index contributed by atoms with van der Waals surface area (Å²) in [7, 11) is 3.04. The van der Waals surface area contributed by atoms with Crippen LogP contribution in [0.15, 0.2) is 24.8 Å². The molecule has 17 heavy (non-hydrogen) atoms. The van der Waals surface area contributed by atoms with E-state index in [-0.39, 0.29) is 0 Å². The van der Waals surface area contributed by atoms with Crippen LogP contribution in [0.3, 0.4) is 0 Å². The number of hydrogen-bond acceptors (Lipinski definition) is 4. The highest BCUT2D eigenvalue weighted by Crippen LogP contribution is 2.38. The number of methoxy groups -OCH3 is 2. The average molecular weight is 236 g/mol. The zero-order valence-corrected chi connectivity index (χ0v) is 10.1. The molecule has 1 aromatic carbocycles. The van der Waals surface area contributed by atoms with Gasteiger partial charge in [-0.15, -0.1) is 6.58 Å². The number of benzene rings is 1. The normalized spacial score (nSPS) is 9.53. The Morgan fingerprint density at radius 1 is 1.24 bits per heavy atom. The maximum Gasteiger partial charge on any atom is 0.203 e. The fraction of sp³-hybridized carbons (Fsp3) is 0.308.